The van der Waals surface area contributed by atoms with E-state index in [4.69, 9.17) is 14.6 Å². The van der Waals surface area contributed by atoms with Crippen LogP contribution in [0.15, 0.2) is 12.1 Å². The number of methoxy groups -OCH3 is 2. The van der Waals surface area contributed by atoms with Crippen LogP contribution in [-0.2, 0) is 4.79 Å². The topological polar surface area (TPSA) is 55.8 Å². The van der Waals surface area contributed by atoms with Crippen LogP contribution in [0.2, 0.25) is 0 Å². The Labute approximate surface area is 103 Å². The lowest BCUT2D eigenvalue weighted by atomic mass is 9.95. The maximum atomic E-state index is 12.9. The highest BCUT2D eigenvalue weighted by Crippen LogP contribution is 2.38. The molecule has 0 fully saturated rings. The fourth-order valence-electron chi connectivity index (χ4n) is 1.61. The molecule has 0 spiro atoms. The highest BCUT2D eigenvalue weighted by atomic mass is 19.3. The zero-order chi connectivity index (χ0) is 13.9. The first kappa shape index (κ1) is 14.2. The molecule has 1 rings (SSSR count). The first-order valence-electron chi connectivity index (χ1n) is 5.19. The van der Waals surface area contributed by atoms with E-state index in [0.29, 0.717) is 0 Å². The van der Waals surface area contributed by atoms with Gasteiger partial charge < -0.3 is 14.6 Å². The SMILES string of the molecule is COc1cc(C(F)F)c(C(C)C(=O)O)cc1OC. The Morgan fingerprint density at radius 3 is 1.94 bits per heavy atom. The van der Waals surface area contributed by atoms with E-state index in [1.165, 1.54) is 27.2 Å². The molecule has 100 valence electrons. The third-order valence-electron chi connectivity index (χ3n) is 2.66. The van der Waals surface area contributed by atoms with E-state index in [1.54, 1.807) is 0 Å². The van der Waals surface area contributed by atoms with Gasteiger partial charge >= 0.3 is 5.97 Å². The average molecular weight is 260 g/mol. The van der Waals surface area contributed by atoms with E-state index in [-0.39, 0.29) is 22.6 Å². The van der Waals surface area contributed by atoms with Crippen molar-refractivity contribution in [2.45, 2.75) is 19.3 Å². The van der Waals surface area contributed by atoms with Gasteiger partial charge in [-0.25, -0.2) is 8.78 Å². The lowest BCUT2D eigenvalue weighted by Gasteiger charge is -2.16. The van der Waals surface area contributed by atoms with Crippen LogP contribution in [0.1, 0.15) is 30.4 Å². The van der Waals surface area contributed by atoms with E-state index < -0.39 is 18.3 Å². The predicted octanol–water partition coefficient (Wildman–Crippen LogP) is 2.83. The summed E-state index contributed by atoms with van der Waals surface area (Å²) in [5.74, 6) is -1.85. The molecule has 0 radical (unpaired) electrons. The van der Waals surface area contributed by atoms with Gasteiger partial charge in [0, 0.05) is 5.56 Å². The van der Waals surface area contributed by atoms with Gasteiger partial charge in [-0.15, -0.1) is 0 Å². The number of benzene rings is 1. The highest BCUT2D eigenvalue weighted by Gasteiger charge is 2.24. The molecule has 1 N–H and O–H groups in total. The van der Waals surface area contributed by atoms with Crippen LogP contribution in [0.3, 0.4) is 0 Å². The molecule has 0 aromatic heterocycles. The Morgan fingerprint density at radius 2 is 1.61 bits per heavy atom. The minimum atomic E-state index is -2.78. The second-order valence-electron chi connectivity index (χ2n) is 3.70. The van der Waals surface area contributed by atoms with Gasteiger partial charge in [0.25, 0.3) is 6.43 Å². The summed E-state index contributed by atoms with van der Waals surface area (Å²) in [5.41, 5.74) is -0.335. The second kappa shape index (κ2) is 5.66. The van der Waals surface area contributed by atoms with Gasteiger partial charge in [0.15, 0.2) is 11.5 Å². The van der Waals surface area contributed by atoms with Gasteiger partial charge in [0.2, 0.25) is 0 Å². The van der Waals surface area contributed by atoms with Crippen LogP contribution in [0.5, 0.6) is 11.5 Å². The maximum Gasteiger partial charge on any atom is 0.310 e. The van der Waals surface area contributed by atoms with Crippen molar-refractivity contribution in [1.82, 2.24) is 0 Å². The number of aliphatic carboxylic acids is 1. The highest BCUT2D eigenvalue weighted by molar-refractivity contribution is 5.76. The van der Waals surface area contributed by atoms with Crippen LogP contribution in [0, 0.1) is 0 Å². The van der Waals surface area contributed by atoms with Gasteiger partial charge in [-0.1, -0.05) is 0 Å². The normalized spacial score (nSPS) is 12.3. The van der Waals surface area contributed by atoms with Gasteiger partial charge in [-0.2, -0.15) is 0 Å². The van der Waals surface area contributed by atoms with E-state index in [9.17, 15) is 13.6 Å². The minimum Gasteiger partial charge on any atom is -0.493 e. The molecule has 0 saturated heterocycles. The van der Waals surface area contributed by atoms with Gasteiger partial charge in [0.05, 0.1) is 20.1 Å². The van der Waals surface area contributed by atoms with Crippen molar-refractivity contribution in [3.63, 3.8) is 0 Å². The van der Waals surface area contributed by atoms with Crippen molar-refractivity contribution in [2.75, 3.05) is 14.2 Å². The first-order valence-corrected chi connectivity index (χ1v) is 5.19. The van der Waals surface area contributed by atoms with Gasteiger partial charge in [-0.3, -0.25) is 4.79 Å². The second-order valence-corrected chi connectivity index (χ2v) is 3.70. The summed E-state index contributed by atoms with van der Waals surface area (Å²) in [5, 5.41) is 8.91. The van der Waals surface area contributed by atoms with Crippen molar-refractivity contribution < 1.29 is 28.2 Å². The molecule has 1 unspecified atom stereocenters. The Bertz CT molecular complexity index is 446. The Balaban J connectivity index is 3.42. The number of carboxylic acid groups (broad SMARTS) is 1. The van der Waals surface area contributed by atoms with Crippen LogP contribution >= 0.6 is 0 Å². The van der Waals surface area contributed by atoms with Crippen LogP contribution < -0.4 is 9.47 Å². The summed E-state index contributed by atoms with van der Waals surface area (Å²) in [7, 11) is 2.68. The molecule has 0 aliphatic heterocycles. The number of halogens is 2. The fraction of sp³-hybridized carbons (Fsp3) is 0.417. The third kappa shape index (κ3) is 2.69. The minimum absolute atomic E-state index is 0.0233. The zero-order valence-electron chi connectivity index (χ0n) is 10.2. The van der Waals surface area contributed by atoms with Crippen LogP contribution in [0.4, 0.5) is 8.78 Å². The summed E-state index contributed by atoms with van der Waals surface area (Å²) in [4.78, 5) is 10.9. The summed E-state index contributed by atoms with van der Waals surface area (Å²) in [6, 6.07) is 2.39. The fourth-order valence-corrected chi connectivity index (χ4v) is 1.61. The number of carboxylic acids is 1. The molecule has 0 saturated carbocycles. The van der Waals surface area contributed by atoms with E-state index >= 15 is 0 Å². The number of carbonyl (C=O) groups is 1. The molecule has 0 bridgehead atoms. The number of alkyl halides is 2. The van der Waals surface area contributed by atoms with Gasteiger partial charge in [-0.05, 0) is 24.6 Å². The molecule has 1 atom stereocenters. The number of ether oxygens (including phenoxy) is 2. The molecular weight excluding hydrogens is 246 g/mol. The zero-order valence-corrected chi connectivity index (χ0v) is 10.2. The molecule has 1 aromatic carbocycles. The lowest BCUT2D eigenvalue weighted by Crippen LogP contribution is -2.11. The molecule has 4 nitrogen and oxygen atoms in total. The summed E-state index contributed by atoms with van der Waals surface area (Å²) >= 11 is 0. The molecule has 0 amide bonds. The van der Waals surface area contributed by atoms with E-state index in [1.807, 2.05) is 0 Å². The average Bonchev–Trinajstić information content (AvgIpc) is 2.35. The molecule has 0 aliphatic rings. The smallest absolute Gasteiger partial charge is 0.310 e. The number of rotatable bonds is 5. The largest absolute Gasteiger partial charge is 0.493 e. The van der Waals surface area contributed by atoms with Crippen LogP contribution in [0.25, 0.3) is 0 Å². The van der Waals surface area contributed by atoms with Crippen molar-refractivity contribution in [3.8, 4) is 11.5 Å². The van der Waals surface area contributed by atoms with Crippen LogP contribution in [-0.4, -0.2) is 25.3 Å². The van der Waals surface area contributed by atoms with Crippen molar-refractivity contribution in [2.24, 2.45) is 0 Å². The molecule has 6 heteroatoms. The standard InChI is InChI=1S/C12H14F2O4/c1-6(12(15)16)7-4-9(17-2)10(18-3)5-8(7)11(13)14/h4-6,11H,1-3H3,(H,15,16). The van der Waals surface area contributed by atoms with Crippen molar-refractivity contribution in [3.05, 3.63) is 23.3 Å². The van der Waals surface area contributed by atoms with Crippen molar-refractivity contribution >= 4 is 5.97 Å². The quantitative estimate of drug-likeness (QED) is 0.884. The Morgan fingerprint density at radius 1 is 1.17 bits per heavy atom. The summed E-state index contributed by atoms with van der Waals surface area (Å²) in [6.45, 7) is 1.34. The Hall–Kier alpha value is -1.85. The molecular formula is C12H14F2O4. The summed E-state index contributed by atoms with van der Waals surface area (Å²) in [6.07, 6.45) is -2.78. The number of hydrogen-bond donors (Lipinski definition) is 1. The lowest BCUT2D eigenvalue weighted by molar-refractivity contribution is -0.138. The molecule has 18 heavy (non-hydrogen) atoms. The van der Waals surface area contributed by atoms with Gasteiger partial charge in [0.1, 0.15) is 0 Å². The van der Waals surface area contributed by atoms with E-state index in [2.05, 4.69) is 0 Å². The predicted molar refractivity (Wildman–Crippen MR) is 60.6 cm³/mol. The molecule has 1 aromatic rings. The van der Waals surface area contributed by atoms with E-state index in [0.717, 1.165) is 6.07 Å². The maximum absolute atomic E-state index is 12.9. The first-order chi connectivity index (χ1) is 8.42. The number of hydrogen-bond acceptors (Lipinski definition) is 3. The molecule has 0 heterocycles. The summed E-state index contributed by atoms with van der Waals surface area (Å²) < 4.78 is 35.7. The Kier molecular flexibility index (Phi) is 4.47. The molecule has 0 aliphatic carbocycles. The monoisotopic (exact) mass is 260 g/mol. The van der Waals surface area contributed by atoms with Crippen molar-refractivity contribution in [1.29, 1.82) is 0 Å². The third-order valence-corrected chi connectivity index (χ3v) is 2.66.